The minimum atomic E-state index is -4.14. The van der Waals surface area contributed by atoms with Crippen molar-refractivity contribution in [3.8, 4) is 0 Å². The van der Waals surface area contributed by atoms with E-state index in [1.165, 1.54) is 4.90 Å². The summed E-state index contributed by atoms with van der Waals surface area (Å²) in [7, 11) is 0. The van der Waals surface area contributed by atoms with Crippen LogP contribution in [0.15, 0.2) is 27.8 Å². The average Bonchev–Trinajstić information content (AvgIpc) is 3.18. The van der Waals surface area contributed by atoms with Gasteiger partial charge in [-0.15, -0.1) is 24.0 Å². The van der Waals surface area contributed by atoms with Gasteiger partial charge in [-0.2, -0.15) is 13.2 Å². The van der Waals surface area contributed by atoms with Gasteiger partial charge in [0.15, 0.2) is 5.96 Å². The average molecular weight is 488 g/mol. The summed E-state index contributed by atoms with van der Waals surface area (Å²) in [6, 6.07) is 3.74. The van der Waals surface area contributed by atoms with Crippen LogP contribution in [0.4, 0.5) is 13.2 Å². The minimum absolute atomic E-state index is 0. The molecule has 1 aliphatic heterocycles. The normalized spacial score (nSPS) is 18.6. The Hall–Kier alpha value is -0.970. The van der Waals surface area contributed by atoms with Crippen molar-refractivity contribution >= 4 is 29.9 Å². The van der Waals surface area contributed by atoms with Gasteiger partial charge in [0, 0.05) is 38.6 Å². The van der Waals surface area contributed by atoms with E-state index >= 15 is 0 Å². The molecule has 1 unspecified atom stereocenters. The lowest BCUT2D eigenvalue weighted by Crippen LogP contribution is -2.45. The largest absolute Gasteiger partial charge is 0.469 e. The quantitative estimate of drug-likeness (QED) is 0.255. The van der Waals surface area contributed by atoms with Gasteiger partial charge in [-0.3, -0.25) is 9.89 Å². The Morgan fingerprint density at radius 2 is 2.23 bits per heavy atom. The fraction of sp³-hybridized carbons (Fsp3) is 0.706. The van der Waals surface area contributed by atoms with Crippen LogP contribution in [-0.4, -0.2) is 55.8 Å². The van der Waals surface area contributed by atoms with Gasteiger partial charge in [-0.05, 0) is 25.0 Å². The Labute approximate surface area is 169 Å². The van der Waals surface area contributed by atoms with Gasteiger partial charge in [-0.25, -0.2) is 0 Å². The lowest BCUT2D eigenvalue weighted by Gasteiger charge is -2.20. The zero-order chi connectivity index (χ0) is 18.1. The van der Waals surface area contributed by atoms with Crippen LogP contribution in [0.25, 0.3) is 0 Å². The summed E-state index contributed by atoms with van der Waals surface area (Å²) in [6.07, 6.45) is 0.933. The summed E-state index contributed by atoms with van der Waals surface area (Å²) in [5.74, 6) is 1.55. The Kier molecular flexibility index (Phi) is 10.4. The third-order valence-electron chi connectivity index (χ3n) is 4.04. The van der Waals surface area contributed by atoms with E-state index in [0.29, 0.717) is 38.6 Å². The minimum Gasteiger partial charge on any atom is -0.469 e. The molecule has 0 aromatic carbocycles. The number of aliphatic imine (C=N–C) groups is 1. The molecular weight excluding hydrogens is 460 g/mol. The Balaban J connectivity index is 0.00000338. The molecule has 9 heteroatoms. The SMILES string of the molecule is CCCCN=C(NCCc1ccco1)NC1CCN(CC(F)(F)F)C1.I. The fourth-order valence-corrected chi connectivity index (χ4v) is 2.80. The lowest BCUT2D eigenvalue weighted by atomic mass is 10.2. The maximum Gasteiger partial charge on any atom is 0.401 e. The van der Waals surface area contributed by atoms with E-state index in [0.717, 1.165) is 25.0 Å². The molecule has 1 saturated heterocycles. The summed E-state index contributed by atoms with van der Waals surface area (Å²) >= 11 is 0. The summed E-state index contributed by atoms with van der Waals surface area (Å²) in [5.41, 5.74) is 0. The molecule has 0 spiro atoms. The van der Waals surface area contributed by atoms with Crippen molar-refractivity contribution in [2.45, 2.75) is 44.8 Å². The van der Waals surface area contributed by atoms with E-state index in [9.17, 15) is 13.2 Å². The van der Waals surface area contributed by atoms with Gasteiger partial charge in [0.05, 0.1) is 12.8 Å². The summed E-state index contributed by atoms with van der Waals surface area (Å²) in [6.45, 7) is 3.44. The molecule has 1 aliphatic rings. The molecular formula is C17H28F3IN4O. The van der Waals surface area contributed by atoms with Crippen molar-refractivity contribution in [1.29, 1.82) is 0 Å². The van der Waals surface area contributed by atoms with Gasteiger partial charge < -0.3 is 15.1 Å². The summed E-state index contributed by atoms with van der Waals surface area (Å²) in [5, 5.41) is 6.52. The number of nitrogens with zero attached hydrogens (tertiary/aromatic N) is 2. The smallest absolute Gasteiger partial charge is 0.401 e. The molecule has 0 amide bonds. The molecule has 1 fully saturated rings. The predicted molar refractivity (Wildman–Crippen MR) is 107 cm³/mol. The van der Waals surface area contributed by atoms with Gasteiger partial charge in [0.25, 0.3) is 0 Å². The molecule has 2 heterocycles. The van der Waals surface area contributed by atoms with Crippen molar-refractivity contribution in [2.24, 2.45) is 4.99 Å². The molecule has 0 aliphatic carbocycles. The summed E-state index contributed by atoms with van der Waals surface area (Å²) in [4.78, 5) is 5.95. The van der Waals surface area contributed by atoms with Gasteiger partial charge in [0.2, 0.25) is 0 Å². The number of furan rings is 1. The van der Waals surface area contributed by atoms with E-state index in [4.69, 9.17) is 4.42 Å². The van der Waals surface area contributed by atoms with Gasteiger partial charge in [0.1, 0.15) is 5.76 Å². The number of hydrogen-bond donors (Lipinski definition) is 2. The highest BCUT2D eigenvalue weighted by molar-refractivity contribution is 14.0. The second kappa shape index (κ2) is 11.7. The lowest BCUT2D eigenvalue weighted by molar-refractivity contribution is -0.143. The maximum absolute atomic E-state index is 12.5. The molecule has 1 aromatic heterocycles. The zero-order valence-electron chi connectivity index (χ0n) is 15.0. The molecule has 2 N–H and O–H groups in total. The highest BCUT2D eigenvalue weighted by Crippen LogP contribution is 2.19. The van der Waals surface area contributed by atoms with Crippen LogP contribution >= 0.6 is 24.0 Å². The van der Waals surface area contributed by atoms with E-state index in [1.807, 2.05) is 12.1 Å². The number of nitrogens with one attached hydrogen (secondary N) is 2. The van der Waals surface area contributed by atoms with Crippen LogP contribution in [0.1, 0.15) is 31.9 Å². The van der Waals surface area contributed by atoms with E-state index in [-0.39, 0.29) is 30.0 Å². The van der Waals surface area contributed by atoms with Crippen LogP contribution in [0.3, 0.4) is 0 Å². The number of hydrogen-bond acceptors (Lipinski definition) is 3. The topological polar surface area (TPSA) is 52.8 Å². The third kappa shape index (κ3) is 9.11. The van der Waals surface area contributed by atoms with Crippen LogP contribution in [0.5, 0.6) is 0 Å². The van der Waals surface area contributed by atoms with Crippen molar-refractivity contribution in [2.75, 3.05) is 32.7 Å². The van der Waals surface area contributed by atoms with Crippen LogP contribution in [0, 0.1) is 0 Å². The monoisotopic (exact) mass is 488 g/mol. The van der Waals surface area contributed by atoms with E-state index in [1.54, 1.807) is 6.26 Å². The van der Waals surface area contributed by atoms with Gasteiger partial charge in [-0.1, -0.05) is 13.3 Å². The predicted octanol–water partition coefficient (Wildman–Crippen LogP) is 3.41. The second-order valence-electron chi connectivity index (χ2n) is 6.32. The van der Waals surface area contributed by atoms with E-state index < -0.39 is 12.7 Å². The molecule has 0 saturated carbocycles. The van der Waals surface area contributed by atoms with Crippen molar-refractivity contribution < 1.29 is 17.6 Å². The van der Waals surface area contributed by atoms with Crippen molar-refractivity contribution in [3.05, 3.63) is 24.2 Å². The summed E-state index contributed by atoms with van der Waals surface area (Å²) < 4.78 is 42.8. The van der Waals surface area contributed by atoms with Crippen molar-refractivity contribution in [3.63, 3.8) is 0 Å². The highest BCUT2D eigenvalue weighted by atomic mass is 127. The van der Waals surface area contributed by atoms with Crippen molar-refractivity contribution in [1.82, 2.24) is 15.5 Å². The Morgan fingerprint density at radius 1 is 1.42 bits per heavy atom. The molecule has 1 atom stereocenters. The molecule has 2 rings (SSSR count). The standard InChI is InChI=1S/C17H27F3N4O.HI/c1-2-3-8-21-16(22-9-6-15-5-4-11-25-15)23-14-7-10-24(12-14)13-17(18,19)20;/h4-5,11,14H,2-3,6-10,12-13H2,1H3,(H2,21,22,23);1H. The number of likely N-dealkylation sites (tertiary alicyclic amines) is 1. The van der Waals surface area contributed by atoms with Crippen LogP contribution < -0.4 is 10.6 Å². The number of halogens is 4. The number of rotatable bonds is 8. The first-order chi connectivity index (χ1) is 12.0. The number of guanidine groups is 1. The number of alkyl halides is 3. The first-order valence-corrected chi connectivity index (χ1v) is 8.82. The molecule has 1 aromatic rings. The van der Waals surface area contributed by atoms with Gasteiger partial charge >= 0.3 is 6.18 Å². The maximum atomic E-state index is 12.5. The molecule has 0 radical (unpaired) electrons. The van der Waals surface area contributed by atoms with Crippen LogP contribution in [0.2, 0.25) is 0 Å². The molecule has 0 bridgehead atoms. The Bertz CT molecular complexity index is 523. The van der Waals surface area contributed by atoms with E-state index in [2.05, 4.69) is 22.5 Å². The zero-order valence-corrected chi connectivity index (χ0v) is 17.3. The third-order valence-corrected chi connectivity index (χ3v) is 4.04. The second-order valence-corrected chi connectivity index (χ2v) is 6.32. The fourth-order valence-electron chi connectivity index (χ4n) is 2.80. The molecule has 26 heavy (non-hydrogen) atoms. The van der Waals surface area contributed by atoms with Crippen LogP contribution in [-0.2, 0) is 6.42 Å². The first kappa shape index (κ1) is 23.1. The molecule has 150 valence electrons. The Morgan fingerprint density at radius 3 is 2.88 bits per heavy atom. The molecule has 5 nitrogen and oxygen atoms in total. The first-order valence-electron chi connectivity index (χ1n) is 8.82. The number of unbranched alkanes of at least 4 members (excludes halogenated alkanes) is 1. The highest BCUT2D eigenvalue weighted by Gasteiger charge is 2.34.